The Hall–Kier alpha value is -2.52. The number of carboxylic acids is 1. The molecule has 0 aliphatic rings. The lowest BCUT2D eigenvalue weighted by Gasteiger charge is -1.98. The van der Waals surface area contributed by atoms with Gasteiger partial charge < -0.3 is 20.0 Å². The fourth-order valence-electron chi connectivity index (χ4n) is 1.13. The molecular formula is C6H5N4O6-. The van der Waals surface area contributed by atoms with E-state index in [0.29, 0.717) is 4.68 Å². The largest absolute Gasteiger partial charge is 0.548 e. The van der Waals surface area contributed by atoms with E-state index in [1.807, 2.05) is 0 Å². The molecule has 0 radical (unpaired) electrons. The lowest BCUT2D eigenvalue weighted by molar-refractivity contribution is -0.424. The number of carbonyl (C=O) groups is 1. The van der Waals surface area contributed by atoms with Gasteiger partial charge in [0.15, 0.2) is 0 Å². The summed E-state index contributed by atoms with van der Waals surface area (Å²) in [7, 11) is 0. The molecular weight excluding hydrogens is 224 g/mol. The molecule has 1 aromatic heterocycles. The summed E-state index contributed by atoms with van der Waals surface area (Å²) in [5, 5.41) is 34.5. The van der Waals surface area contributed by atoms with Crippen LogP contribution in [-0.2, 0) is 11.3 Å². The molecule has 10 nitrogen and oxygen atoms in total. The van der Waals surface area contributed by atoms with E-state index in [-0.39, 0.29) is 5.69 Å². The highest BCUT2D eigenvalue weighted by atomic mass is 16.6. The number of hydrogen-bond donors (Lipinski definition) is 0. The quantitative estimate of drug-likeness (QED) is 0.463. The van der Waals surface area contributed by atoms with Crippen LogP contribution in [0.25, 0.3) is 0 Å². The first-order valence-corrected chi connectivity index (χ1v) is 3.90. The Balaban J connectivity index is 3.35. The average Bonchev–Trinajstić information content (AvgIpc) is 2.43. The lowest BCUT2D eigenvalue weighted by Crippen LogP contribution is -2.28. The van der Waals surface area contributed by atoms with Gasteiger partial charge in [0.1, 0.15) is 12.2 Å². The van der Waals surface area contributed by atoms with Gasteiger partial charge in [0.05, 0.1) is 16.0 Å². The third-order valence-electron chi connectivity index (χ3n) is 1.79. The van der Waals surface area contributed by atoms with Gasteiger partial charge in [-0.25, -0.2) is 0 Å². The van der Waals surface area contributed by atoms with Crippen LogP contribution >= 0.6 is 0 Å². The minimum Gasteiger partial charge on any atom is -0.548 e. The summed E-state index contributed by atoms with van der Waals surface area (Å²) in [4.78, 5) is 29.2. The number of aromatic nitrogens is 2. The Morgan fingerprint density at radius 3 is 2.25 bits per heavy atom. The molecule has 0 aliphatic heterocycles. The van der Waals surface area contributed by atoms with Crippen molar-refractivity contribution < 1.29 is 19.7 Å². The maximum absolute atomic E-state index is 10.5. The third kappa shape index (κ3) is 1.94. The summed E-state index contributed by atoms with van der Waals surface area (Å²) in [6.07, 6.45) is 0. The number of aliphatic carboxylic acids is 1. The van der Waals surface area contributed by atoms with Crippen LogP contribution in [-0.4, -0.2) is 25.6 Å². The SMILES string of the molecule is Cc1c([N+](=O)[O-])c([N+](=O)[O-])nn1CC(=O)[O-]. The summed E-state index contributed by atoms with van der Waals surface area (Å²) in [5.41, 5.74) is -1.02. The second-order valence-corrected chi connectivity index (χ2v) is 2.80. The van der Waals surface area contributed by atoms with Gasteiger partial charge in [-0.05, 0) is 11.8 Å². The minimum absolute atomic E-state index is 0.207. The average molecular weight is 229 g/mol. The van der Waals surface area contributed by atoms with Gasteiger partial charge in [-0.3, -0.25) is 10.1 Å². The van der Waals surface area contributed by atoms with Crippen molar-refractivity contribution >= 4 is 17.5 Å². The van der Waals surface area contributed by atoms with Crippen molar-refractivity contribution in [2.75, 3.05) is 0 Å². The van der Waals surface area contributed by atoms with Crippen LogP contribution in [0.15, 0.2) is 0 Å². The molecule has 1 aromatic rings. The molecule has 10 heteroatoms. The van der Waals surface area contributed by atoms with Crippen LogP contribution < -0.4 is 5.11 Å². The predicted molar refractivity (Wildman–Crippen MR) is 45.3 cm³/mol. The molecule has 0 aliphatic carbocycles. The molecule has 0 N–H and O–H groups in total. The van der Waals surface area contributed by atoms with Crippen LogP contribution in [0, 0.1) is 27.2 Å². The van der Waals surface area contributed by atoms with E-state index in [2.05, 4.69) is 5.10 Å². The molecule has 86 valence electrons. The highest BCUT2D eigenvalue weighted by Crippen LogP contribution is 2.28. The van der Waals surface area contributed by atoms with Gasteiger partial charge in [-0.1, -0.05) is 0 Å². The van der Waals surface area contributed by atoms with Crippen molar-refractivity contribution in [3.8, 4) is 0 Å². The Labute approximate surface area is 87.4 Å². The van der Waals surface area contributed by atoms with Gasteiger partial charge in [0.2, 0.25) is 0 Å². The van der Waals surface area contributed by atoms with Gasteiger partial charge >= 0.3 is 11.5 Å². The first-order valence-electron chi connectivity index (χ1n) is 3.90. The molecule has 0 aromatic carbocycles. The molecule has 0 atom stereocenters. The van der Waals surface area contributed by atoms with E-state index in [1.165, 1.54) is 6.92 Å². The zero-order valence-electron chi connectivity index (χ0n) is 7.95. The molecule has 0 saturated carbocycles. The Morgan fingerprint density at radius 1 is 1.38 bits per heavy atom. The highest BCUT2D eigenvalue weighted by Gasteiger charge is 2.35. The number of carbonyl (C=O) groups excluding carboxylic acids is 1. The maximum Gasteiger partial charge on any atom is 0.468 e. The fourth-order valence-corrected chi connectivity index (χ4v) is 1.13. The van der Waals surface area contributed by atoms with Crippen molar-refractivity contribution in [3.05, 3.63) is 25.9 Å². The topological polar surface area (TPSA) is 144 Å². The van der Waals surface area contributed by atoms with Crippen LogP contribution in [0.3, 0.4) is 0 Å². The molecule has 0 unspecified atom stereocenters. The normalized spacial score (nSPS) is 10.1. The molecule has 0 amide bonds. The number of nitro groups is 2. The van der Waals surface area contributed by atoms with E-state index < -0.39 is 33.9 Å². The summed E-state index contributed by atoms with van der Waals surface area (Å²) in [5.74, 6) is -2.53. The number of hydrogen-bond acceptors (Lipinski definition) is 7. The summed E-state index contributed by atoms with van der Waals surface area (Å²) < 4.78 is 0.644. The fraction of sp³-hybridized carbons (Fsp3) is 0.333. The van der Waals surface area contributed by atoms with Crippen molar-refractivity contribution in [1.29, 1.82) is 0 Å². The molecule has 0 spiro atoms. The number of rotatable bonds is 4. The second-order valence-electron chi connectivity index (χ2n) is 2.80. The Bertz CT molecular complexity index is 478. The molecule has 1 heterocycles. The lowest BCUT2D eigenvalue weighted by atomic mass is 10.4. The van der Waals surface area contributed by atoms with Gasteiger partial charge in [0.25, 0.3) is 0 Å². The predicted octanol–water partition coefficient (Wildman–Crippen LogP) is -1.24. The van der Waals surface area contributed by atoms with E-state index in [0.717, 1.165) is 0 Å². The molecule has 16 heavy (non-hydrogen) atoms. The minimum atomic E-state index is -1.55. The van der Waals surface area contributed by atoms with Crippen molar-refractivity contribution in [2.24, 2.45) is 0 Å². The molecule has 0 fully saturated rings. The maximum atomic E-state index is 10.5. The van der Waals surface area contributed by atoms with Crippen LogP contribution in [0.2, 0.25) is 0 Å². The van der Waals surface area contributed by atoms with E-state index >= 15 is 0 Å². The highest BCUT2D eigenvalue weighted by molar-refractivity contribution is 5.64. The first-order chi connectivity index (χ1) is 7.34. The van der Waals surface area contributed by atoms with Gasteiger partial charge in [-0.15, -0.1) is 0 Å². The van der Waals surface area contributed by atoms with E-state index in [1.54, 1.807) is 0 Å². The van der Waals surface area contributed by atoms with Gasteiger partial charge in [-0.2, -0.15) is 4.68 Å². The smallest absolute Gasteiger partial charge is 0.468 e. The van der Waals surface area contributed by atoms with Crippen LogP contribution in [0.1, 0.15) is 5.69 Å². The summed E-state index contributed by atoms with van der Waals surface area (Å²) in [6, 6.07) is 0. The van der Waals surface area contributed by atoms with Gasteiger partial charge in [0, 0.05) is 0 Å². The second kappa shape index (κ2) is 3.92. The van der Waals surface area contributed by atoms with Crippen LogP contribution in [0.4, 0.5) is 11.5 Å². The standard InChI is InChI=1S/C6H6N4O6/c1-3-5(9(13)14)6(10(15)16)7-8(3)2-4(11)12/h2H2,1H3,(H,11,12)/p-1. The zero-order valence-corrected chi connectivity index (χ0v) is 7.95. The molecule has 1 rings (SSSR count). The molecule has 0 bridgehead atoms. The molecule has 0 saturated heterocycles. The third-order valence-corrected chi connectivity index (χ3v) is 1.79. The van der Waals surface area contributed by atoms with Crippen LogP contribution in [0.5, 0.6) is 0 Å². The van der Waals surface area contributed by atoms with Crippen molar-refractivity contribution in [2.45, 2.75) is 13.5 Å². The summed E-state index contributed by atoms with van der Waals surface area (Å²) >= 11 is 0. The number of carboxylic acid groups (broad SMARTS) is 1. The monoisotopic (exact) mass is 229 g/mol. The Kier molecular flexibility index (Phi) is 2.83. The first kappa shape index (κ1) is 11.6. The summed E-state index contributed by atoms with van der Waals surface area (Å²) in [6.45, 7) is 0.390. The van der Waals surface area contributed by atoms with Crippen molar-refractivity contribution in [3.63, 3.8) is 0 Å². The van der Waals surface area contributed by atoms with E-state index in [4.69, 9.17) is 0 Å². The Morgan fingerprint density at radius 2 is 1.94 bits per heavy atom. The number of nitrogens with zero attached hydrogens (tertiary/aromatic N) is 4. The van der Waals surface area contributed by atoms with Crippen molar-refractivity contribution in [1.82, 2.24) is 9.78 Å². The zero-order chi connectivity index (χ0) is 12.5. The van der Waals surface area contributed by atoms with E-state index in [9.17, 15) is 30.1 Å².